The Hall–Kier alpha value is 1.11. The third-order valence-corrected chi connectivity index (χ3v) is 3.28. The minimum absolute atomic E-state index is 1.07. The van der Waals surface area contributed by atoms with Crippen molar-refractivity contribution in [3.05, 3.63) is 0 Å². The SMILES string of the molecule is CCCCC(CC)[CH2][Na].O=P(O)(O)O. The van der Waals surface area contributed by atoms with Crippen molar-refractivity contribution in [1.29, 1.82) is 0 Å². The van der Waals surface area contributed by atoms with Crippen molar-refractivity contribution >= 4 is 35.8 Å². The molecule has 14 heavy (non-hydrogen) atoms. The van der Waals surface area contributed by atoms with Crippen LogP contribution in [0.4, 0.5) is 0 Å². The van der Waals surface area contributed by atoms with Crippen molar-refractivity contribution in [2.45, 2.75) is 43.2 Å². The van der Waals surface area contributed by atoms with Crippen LogP contribution in [-0.4, -0.2) is 42.6 Å². The van der Waals surface area contributed by atoms with E-state index >= 15 is 0 Å². The maximum Gasteiger partial charge on any atom is 0.466 e. The van der Waals surface area contributed by atoms with E-state index in [0.717, 1.165) is 5.92 Å². The summed E-state index contributed by atoms with van der Waals surface area (Å²) in [6.07, 6.45) is 5.71. The Bertz CT molecular complexity index is 147. The molecule has 0 amide bonds. The van der Waals surface area contributed by atoms with Gasteiger partial charge in [0, 0.05) is 0 Å². The summed E-state index contributed by atoms with van der Waals surface area (Å²) in [4.78, 5) is 21.6. The molecule has 0 saturated carbocycles. The van der Waals surface area contributed by atoms with Crippen LogP contribution in [0.1, 0.15) is 39.5 Å². The molecule has 0 bridgehead atoms. The van der Waals surface area contributed by atoms with E-state index in [1.165, 1.54) is 57.3 Å². The molecule has 0 radical (unpaired) electrons. The van der Waals surface area contributed by atoms with Gasteiger partial charge in [0.2, 0.25) is 0 Å². The first-order chi connectivity index (χ1) is 6.35. The van der Waals surface area contributed by atoms with Gasteiger partial charge in [-0.05, 0) is 0 Å². The Morgan fingerprint density at radius 3 is 1.93 bits per heavy atom. The predicted molar refractivity (Wildman–Crippen MR) is 58.1 cm³/mol. The van der Waals surface area contributed by atoms with Crippen molar-refractivity contribution in [1.82, 2.24) is 0 Å². The van der Waals surface area contributed by atoms with Gasteiger partial charge in [0.15, 0.2) is 0 Å². The fourth-order valence-electron chi connectivity index (χ4n) is 1.19. The zero-order chi connectivity index (χ0) is 11.6. The number of unbranched alkanes of at least 4 members (excludes halogenated alkanes) is 1. The second-order valence-electron chi connectivity index (χ2n) is 3.34. The monoisotopic (exact) mass is 234 g/mol. The molecule has 0 fully saturated rings. The molecule has 0 spiro atoms. The molecule has 0 aliphatic carbocycles. The van der Waals surface area contributed by atoms with E-state index in [4.69, 9.17) is 19.2 Å². The summed E-state index contributed by atoms with van der Waals surface area (Å²) in [5.74, 6) is 1.07. The number of hydrogen-bond acceptors (Lipinski definition) is 1. The molecule has 3 N–H and O–H groups in total. The third-order valence-electron chi connectivity index (χ3n) is 2.12. The fraction of sp³-hybridized carbons (Fsp3) is 1.00. The fourth-order valence-corrected chi connectivity index (χ4v) is 2.18. The Balaban J connectivity index is 0. The van der Waals surface area contributed by atoms with Gasteiger partial charge >= 0.3 is 84.9 Å². The largest absolute Gasteiger partial charge is 0.466 e. The van der Waals surface area contributed by atoms with Gasteiger partial charge in [-0.15, -0.1) is 0 Å². The van der Waals surface area contributed by atoms with Crippen LogP contribution in [0, 0.1) is 5.92 Å². The van der Waals surface area contributed by atoms with Gasteiger partial charge in [0.1, 0.15) is 0 Å². The van der Waals surface area contributed by atoms with Crippen LogP contribution in [0.25, 0.3) is 0 Å². The van der Waals surface area contributed by atoms with Crippen LogP contribution in [0.2, 0.25) is 3.67 Å². The summed E-state index contributed by atoms with van der Waals surface area (Å²) in [5, 5.41) is 0. The predicted octanol–water partition coefficient (Wildman–Crippen LogP) is 1.86. The molecular formula is C8H20NaO4P. The maximum absolute atomic E-state index is 8.88. The molecule has 0 aliphatic rings. The summed E-state index contributed by atoms with van der Waals surface area (Å²) >= 11 is 1.40. The van der Waals surface area contributed by atoms with Crippen molar-refractivity contribution in [2.75, 3.05) is 0 Å². The molecule has 0 aliphatic heterocycles. The van der Waals surface area contributed by atoms with E-state index in [1.54, 1.807) is 0 Å². The maximum atomic E-state index is 8.88. The number of rotatable bonds is 5. The van der Waals surface area contributed by atoms with Gasteiger partial charge in [0.25, 0.3) is 0 Å². The van der Waals surface area contributed by atoms with Crippen LogP contribution >= 0.6 is 7.82 Å². The van der Waals surface area contributed by atoms with Gasteiger partial charge in [-0.25, -0.2) is 4.57 Å². The average molecular weight is 234 g/mol. The van der Waals surface area contributed by atoms with Crippen LogP contribution in [0.3, 0.4) is 0 Å². The van der Waals surface area contributed by atoms with Gasteiger partial charge in [0.05, 0.1) is 0 Å². The molecule has 82 valence electrons. The first-order valence-electron chi connectivity index (χ1n) is 5.13. The zero-order valence-electron chi connectivity index (χ0n) is 9.31. The molecule has 0 rings (SSSR count). The molecule has 0 saturated heterocycles. The van der Waals surface area contributed by atoms with Crippen LogP contribution in [0.5, 0.6) is 0 Å². The molecule has 6 heteroatoms. The first-order valence-corrected chi connectivity index (χ1v) is 8.11. The molecular weight excluding hydrogens is 214 g/mol. The summed E-state index contributed by atoms with van der Waals surface area (Å²) in [5.41, 5.74) is 0. The molecule has 1 unspecified atom stereocenters. The summed E-state index contributed by atoms with van der Waals surface area (Å²) in [7, 11) is -4.64. The molecule has 0 heterocycles. The minimum Gasteiger partial charge on any atom is -0.303 e. The second-order valence-corrected chi connectivity index (χ2v) is 5.18. The zero-order valence-corrected chi connectivity index (χ0v) is 12.2. The Kier molecular flexibility index (Phi) is 13.3. The third kappa shape index (κ3) is 23.2. The molecule has 0 aromatic rings. The van der Waals surface area contributed by atoms with E-state index in [-0.39, 0.29) is 0 Å². The van der Waals surface area contributed by atoms with E-state index in [2.05, 4.69) is 13.8 Å². The number of phosphoric acid groups is 1. The molecule has 0 aromatic heterocycles. The van der Waals surface area contributed by atoms with Crippen LogP contribution in [0.15, 0.2) is 0 Å². The van der Waals surface area contributed by atoms with Crippen molar-refractivity contribution in [3.63, 3.8) is 0 Å². The Labute approximate surface area is 104 Å². The van der Waals surface area contributed by atoms with Crippen LogP contribution in [-0.2, 0) is 4.57 Å². The van der Waals surface area contributed by atoms with Gasteiger partial charge in [-0.3, -0.25) is 0 Å². The van der Waals surface area contributed by atoms with Gasteiger partial charge < -0.3 is 14.7 Å². The summed E-state index contributed by atoms with van der Waals surface area (Å²) in [6.45, 7) is 4.60. The average Bonchev–Trinajstić information content (AvgIpc) is 2.04. The molecule has 4 nitrogen and oxygen atoms in total. The summed E-state index contributed by atoms with van der Waals surface area (Å²) in [6, 6.07) is 0. The normalized spacial score (nSPS) is 13.1. The Morgan fingerprint density at radius 1 is 1.29 bits per heavy atom. The van der Waals surface area contributed by atoms with Crippen molar-refractivity contribution < 1.29 is 19.2 Å². The second kappa shape index (κ2) is 10.6. The minimum atomic E-state index is -4.64. The van der Waals surface area contributed by atoms with E-state index in [9.17, 15) is 0 Å². The van der Waals surface area contributed by atoms with Gasteiger partial charge in [-0.2, -0.15) is 0 Å². The summed E-state index contributed by atoms with van der Waals surface area (Å²) < 4.78 is 10.4. The van der Waals surface area contributed by atoms with Crippen molar-refractivity contribution in [2.24, 2.45) is 5.92 Å². The number of hydrogen-bond donors (Lipinski definition) is 3. The standard InChI is InChI=1S/C8H17.Na.H3O4P/c1-4-6-7-8(3)5-2;;1-5(2,3)4/h8H,3-7H2,1-2H3;;(H3,1,2,3,4). The smallest absolute Gasteiger partial charge is 0.303 e. The molecule has 0 aromatic carbocycles. The van der Waals surface area contributed by atoms with Crippen molar-refractivity contribution in [3.8, 4) is 0 Å². The van der Waals surface area contributed by atoms with E-state index in [0.29, 0.717) is 0 Å². The molecule has 1 atom stereocenters. The van der Waals surface area contributed by atoms with E-state index in [1.807, 2.05) is 0 Å². The Morgan fingerprint density at radius 2 is 1.71 bits per heavy atom. The quantitative estimate of drug-likeness (QED) is 0.501. The van der Waals surface area contributed by atoms with Gasteiger partial charge in [-0.1, -0.05) is 0 Å². The van der Waals surface area contributed by atoms with E-state index < -0.39 is 7.82 Å². The first kappa shape index (κ1) is 17.5. The topological polar surface area (TPSA) is 77.8 Å². The van der Waals surface area contributed by atoms with Crippen LogP contribution < -0.4 is 0 Å².